The van der Waals surface area contributed by atoms with E-state index in [1.807, 2.05) is 30.3 Å². The Morgan fingerprint density at radius 3 is 2.35 bits per heavy atom. The van der Waals surface area contributed by atoms with Gasteiger partial charge in [-0.15, -0.1) is 0 Å². The average Bonchev–Trinajstić information content (AvgIpc) is 2.38. The maximum Gasteiger partial charge on any atom is 0.126 e. The molecule has 0 fully saturated rings. The van der Waals surface area contributed by atoms with Crippen molar-refractivity contribution in [1.29, 1.82) is 0 Å². The smallest absolute Gasteiger partial charge is 0.126 e. The molecule has 0 aliphatic carbocycles. The highest BCUT2D eigenvalue weighted by molar-refractivity contribution is 5.17. The molecule has 0 amide bonds. The predicted molar refractivity (Wildman–Crippen MR) is 67.0 cm³/mol. The number of quaternary nitrogens is 1. The third-order valence-corrected chi connectivity index (χ3v) is 2.80. The van der Waals surface area contributed by atoms with E-state index in [4.69, 9.17) is 0 Å². The van der Waals surface area contributed by atoms with Gasteiger partial charge in [0.05, 0.1) is 6.54 Å². The zero-order chi connectivity index (χ0) is 11.9. The summed E-state index contributed by atoms with van der Waals surface area (Å²) in [4.78, 5) is 0. The number of halogens is 1. The van der Waals surface area contributed by atoms with E-state index in [1.165, 1.54) is 11.6 Å². The Balaban J connectivity index is 1.76. The van der Waals surface area contributed by atoms with Gasteiger partial charge < -0.3 is 5.32 Å². The van der Waals surface area contributed by atoms with Gasteiger partial charge >= 0.3 is 0 Å². The molecule has 2 N–H and O–H groups in total. The molecule has 1 nitrogen and oxygen atoms in total. The summed E-state index contributed by atoms with van der Waals surface area (Å²) >= 11 is 0. The molecule has 2 aromatic carbocycles. The minimum Gasteiger partial charge on any atom is -0.342 e. The minimum atomic E-state index is -0.0967. The van der Waals surface area contributed by atoms with E-state index in [1.54, 1.807) is 6.07 Å². The van der Waals surface area contributed by atoms with Crippen molar-refractivity contribution in [3.63, 3.8) is 0 Å². The highest BCUT2D eigenvalue weighted by Gasteiger charge is 2.01. The fraction of sp³-hybridized carbons (Fsp3) is 0.200. The fourth-order valence-electron chi connectivity index (χ4n) is 1.84. The van der Waals surface area contributed by atoms with Crippen LogP contribution in [0.5, 0.6) is 0 Å². The average molecular weight is 230 g/mol. The second-order valence-corrected chi connectivity index (χ2v) is 4.11. The highest BCUT2D eigenvalue weighted by Crippen LogP contribution is 2.05. The minimum absolute atomic E-state index is 0.0967. The largest absolute Gasteiger partial charge is 0.342 e. The molecule has 0 radical (unpaired) electrons. The van der Waals surface area contributed by atoms with Gasteiger partial charge in [0.2, 0.25) is 0 Å². The van der Waals surface area contributed by atoms with Gasteiger partial charge in [0.25, 0.3) is 0 Å². The number of benzene rings is 2. The molecule has 0 aliphatic heterocycles. The second-order valence-electron chi connectivity index (χ2n) is 4.11. The SMILES string of the molecule is Fc1ccccc1CC[NH2+]Cc1ccccc1. The van der Waals surface area contributed by atoms with E-state index in [0.29, 0.717) is 0 Å². The van der Waals surface area contributed by atoms with Crippen molar-refractivity contribution in [2.45, 2.75) is 13.0 Å². The Bertz CT molecular complexity index is 453. The molecule has 0 aliphatic rings. The van der Waals surface area contributed by atoms with E-state index >= 15 is 0 Å². The number of hydrogen-bond donors (Lipinski definition) is 1. The zero-order valence-corrected chi connectivity index (χ0v) is 9.77. The first kappa shape index (κ1) is 11.8. The third kappa shape index (κ3) is 3.68. The van der Waals surface area contributed by atoms with E-state index in [9.17, 15) is 4.39 Å². The fourth-order valence-corrected chi connectivity index (χ4v) is 1.84. The monoisotopic (exact) mass is 230 g/mol. The van der Waals surface area contributed by atoms with Gasteiger partial charge in [0, 0.05) is 12.0 Å². The summed E-state index contributed by atoms with van der Waals surface area (Å²) < 4.78 is 13.3. The molecule has 0 unspecified atom stereocenters. The van der Waals surface area contributed by atoms with Crippen LogP contribution < -0.4 is 5.32 Å². The normalized spacial score (nSPS) is 10.4. The van der Waals surface area contributed by atoms with Gasteiger partial charge in [0.1, 0.15) is 12.4 Å². The molecule has 0 heterocycles. The first-order valence-electron chi connectivity index (χ1n) is 5.95. The maximum atomic E-state index is 13.3. The lowest BCUT2D eigenvalue weighted by Crippen LogP contribution is -2.83. The predicted octanol–water partition coefficient (Wildman–Crippen LogP) is 2.13. The molecule has 88 valence electrons. The van der Waals surface area contributed by atoms with Crippen LogP contribution in [0.25, 0.3) is 0 Å². The molecule has 0 spiro atoms. The van der Waals surface area contributed by atoms with Gasteiger partial charge in [-0.1, -0.05) is 48.5 Å². The van der Waals surface area contributed by atoms with Crippen LogP contribution in [0.3, 0.4) is 0 Å². The number of hydrogen-bond acceptors (Lipinski definition) is 0. The lowest BCUT2D eigenvalue weighted by atomic mass is 10.1. The van der Waals surface area contributed by atoms with E-state index in [2.05, 4.69) is 17.4 Å². The molecule has 17 heavy (non-hydrogen) atoms. The van der Waals surface area contributed by atoms with Crippen LogP contribution >= 0.6 is 0 Å². The maximum absolute atomic E-state index is 13.3. The number of rotatable bonds is 5. The Kier molecular flexibility index (Phi) is 4.28. The summed E-state index contributed by atoms with van der Waals surface area (Å²) in [5, 5.41) is 2.21. The van der Waals surface area contributed by atoms with Gasteiger partial charge in [0.15, 0.2) is 0 Å². The van der Waals surface area contributed by atoms with E-state index in [0.717, 1.165) is 25.1 Å². The van der Waals surface area contributed by atoms with Crippen molar-refractivity contribution < 1.29 is 9.71 Å². The summed E-state index contributed by atoms with van der Waals surface area (Å²) in [6.07, 6.45) is 0.777. The Morgan fingerprint density at radius 1 is 0.882 bits per heavy atom. The highest BCUT2D eigenvalue weighted by atomic mass is 19.1. The number of nitrogens with two attached hydrogens (primary N) is 1. The van der Waals surface area contributed by atoms with E-state index in [-0.39, 0.29) is 5.82 Å². The van der Waals surface area contributed by atoms with Crippen LogP contribution in [0, 0.1) is 5.82 Å². The lowest BCUT2D eigenvalue weighted by Gasteiger charge is -2.03. The molecule has 0 aromatic heterocycles. The summed E-state index contributed by atoms with van der Waals surface area (Å²) in [5.41, 5.74) is 2.11. The van der Waals surface area contributed by atoms with Crippen molar-refractivity contribution in [2.75, 3.05) is 6.54 Å². The molecular weight excluding hydrogens is 213 g/mol. The van der Waals surface area contributed by atoms with Crippen molar-refractivity contribution >= 4 is 0 Å². The molecule has 2 aromatic rings. The van der Waals surface area contributed by atoms with Crippen molar-refractivity contribution in [2.24, 2.45) is 0 Å². The standard InChI is InChI=1S/C15H16FN/c16-15-9-5-4-8-14(15)10-11-17-12-13-6-2-1-3-7-13/h1-9,17H,10-12H2/p+1. The van der Waals surface area contributed by atoms with Crippen molar-refractivity contribution in [1.82, 2.24) is 0 Å². The summed E-state index contributed by atoms with van der Waals surface area (Å²) in [7, 11) is 0. The summed E-state index contributed by atoms with van der Waals surface area (Å²) in [6.45, 7) is 1.87. The van der Waals surface area contributed by atoms with Crippen LogP contribution in [0.2, 0.25) is 0 Å². The van der Waals surface area contributed by atoms with Gasteiger partial charge in [-0.25, -0.2) is 4.39 Å². The molecule has 0 atom stereocenters. The van der Waals surface area contributed by atoms with Crippen LogP contribution in [-0.2, 0) is 13.0 Å². The van der Waals surface area contributed by atoms with Gasteiger partial charge in [-0.2, -0.15) is 0 Å². The molecule has 0 saturated carbocycles. The lowest BCUT2D eigenvalue weighted by molar-refractivity contribution is -0.670. The molecule has 0 bridgehead atoms. The Hall–Kier alpha value is -1.67. The van der Waals surface area contributed by atoms with Gasteiger partial charge in [-0.05, 0) is 11.6 Å². The Morgan fingerprint density at radius 2 is 1.59 bits per heavy atom. The molecule has 0 saturated heterocycles. The van der Waals surface area contributed by atoms with Crippen LogP contribution in [0.1, 0.15) is 11.1 Å². The molecular formula is C15H17FN+. The van der Waals surface area contributed by atoms with Crippen molar-refractivity contribution in [3.05, 3.63) is 71.5 Å². The zero-order valence-electron chi connectivity index (χ0n) is 9.77. The van der Waals surface area contributed by atoms with Crippen LogP contribution in [-0.4, -0.2) is 6.54 Å². The van der Waals surface area contributed by atoms with Gasteiger partial charge in [-0.3, -0.25) is 0 Å². The topological polar surface area (TPSA) is 16.6 Å². The Labute approximate surface area is 101 Å². The van der Waals surface area contributed by atoms with Crippen LogP contribution in [0.15, 0.2) is 54.6 Å². The first-order valence-corrected chi connectivity index (χ1v) is 5.95. The first-order chi connectivity index (χ1) is 8.36. The second kappa shape index (κ2) is 6.16. The van der Waals surface area contributed by atoms with Crippen LogP contribution in [0.4, 0.5) is 4.39 Å². The summed E-state index contributed by atoms with van der Waals surface area (Å²) in [6, 6.07) is 17.3. The third-order valence-electron chi connectivity index (χ3n) is 2.80. The quantitative estimate of drug-likeness (QED) is 0.758. The van der Waals surface area contributed by atoms with E-state index < -0.39 is 0 Å². The summed E-state index contributed by atoms with van der Waals surface area (Å²) in [5.74, 6) is -0.0967. The molecule has 2 rings (SSSR count). The van der Waals surface area contributed by atoms with Crippen molar-refractivity contribution in [3.8, 4) is 0 Å². The molecule has 2 heteroatoms.